The summed E-state index contributed by atoms with van der Waals surface area (Å²) >= 11 is 0. The Morgan fingerprint density at radius 1 is 0.324 bits per heavy atom. The van der Waals surface area contributed by atoms with Gasteiger partial charge in [-0.1, -0.05) is 195 Å². The van der Waals surface area contributed by atoms with Crippen LogP contribution >= 0.6 is 0 Å². The minimum atomic E-state index is 0. The van der Waals surface area contributed by atoms with Gasteiger partial charge >= 0.3 is 23.1 Å². The molecule has 0 radical (unpaired) electrons. The third-order valence-corrected chi connectivity index (χ3v) is 8.09. The first-order valence-corrected chi connectivity index (χ1v) is 17.3. The Hall–Kier alpha value is 0.766. The summed E-state index contributed by atoms with van der Waals surface area (Å²) in [6.07, 6.45) is 39.5. The summed E-state index contributed by atoms with van der Waals surface area (Å²) in [5.41, 5.74) is 0. The molecule has 37 heavy (non-hydrogen) atoms. The molecular weight excluding hydrogens is 457 g/mol. The Balaban J connectivity index is -0.000000608. The van der Waals surface area contributed by atoms with Crippen molar-refractivity contribution in [2.75, 3.05) is 0 Å². The van der Waals surface area contributed by atoms with Gasteiger partial charge in [0, 0.05) is 0 Å². The molecule has 1 heteroatoms. The van der Waals surface area contributed by atoms with Crippen LogP contribution in [-0.4, -0.2) is 23.1 Å². The zero-order valence-electron chi connectivity index (χ0n) is 27.1. The zero-order valence-corrected chi connectivity index (χ0v) is 28.5. The largest absolute Gasteiger partial charge is 2.00 e. The fourth-order valence-electron chi connectivity index (χ4n) is 5.52. The van der Waals surface area contributed by atoms with Crippen molar-refractivity contribution in [3.05, 3.63) is 13.8 Å². The second-order valence-electron chi connectivity index (χ2n) is 11.8. The van der Waals surface area contributed by atoms with Crippen LogP contribution in [0, 0.1) is 25.7 Å². The SMILES string of the molecule is [CH2-]CCCCC(CCCCCC)CCCCCC.[CH2-]CCCCC(CCCCCC)CCCCCC.[Mg+2]. The molecule has 0 saturated carbocycles. The van der Waals surface area contributed by atoms with E-state index in [1.54, 1.807) is 0 Å². The van der Waals surface area contributed by atoms with E-state index in [2.05, 4.69) is 41.5 Å². The third kappa shape index (κ3) is 36.8. The molecule has 0 aliphatic rings. The van der Waals surface area contributed by atoms with Crippen molar-refractivity contribution >= 4 is 23.1 Å². The number of hydrogen-bond donors (Lipinski definition) is 0. The van der Waals surface area contributed by atoms with Crippen LogP contribution in [0.1, 0.15) is 207 Å². The van der Waals surface area contributed by atoms with Crippen molar-refractivity contribution in [2.24, 2.45) is 11.8 Å². The van der Waals surface area contributed by atoms with E-state index in [4.69, 9.17) is 0 Å². The topological polar surface area (TPSA) is 0 Å². The fraction of sp³-hybridized carbons (Fsp3) is 0.944. The molecule has 0 rings (SSSR count). The van der Waals surface area contributed by atoms with Gasteiger partial charge in [-0.25, -0.2) is 0 Å². The van der Waals surface area contributed by atoms with E-state index < -0.39 is 0 Å². The molecule has 220 valence electrons. The minimum Gasteiger partial charge on any atom is -0.343 e. The first-order chi connectivity index (χ1) is 17.7. The number of hydrogen-bond acceptors (Lipinski definition) is 0. The Morgan fingerprint density at radius 3 is 0.730 bits per heavy atom. The van der Waals surface area contributed by atoms with Crippen LogP contribution < -0.4 is 0 Å². The van der Waals surface area contributed by atoms with Crippen LogP contribution in [0.2, 0.25) is 0 Å². The van der Waals surface area contributed by atoms with Gasteiger partial charge in [-0.3, -0.25) is 0 Å². The summed E-state index contributed by atoms with van der Waals surface area (Å²) in [4.78, 5) is 0. The smallest absolute Gasteiger partial charge is 0.343 e. The number of rotatable bonds is 28. The molecule has 0 aromatic carbocycles. The maximum absolute atomic E-state index is 3.96. The molecule has 0 spiro atoms. The molecule has 0 aliphatic carbocycles. The second-order valence-corrected chi connectivity index (χ2v) is 11.8. The maximum atomic E-state index is 3.96. The van der Waals surface area contributed by atoms with E-state index in [9.17, 15) is 0 Å². The number of unbranched alkanes of at least 4 members (excludes halogenated alkanes) is 16. The van der Waals surface area contributed by atoms with Crippen LogP contribution in [-0.2, 0) is 0 Å². The van der Waals surface area contributed by atoms with E-state index >= 15 is 0 Å². The summed E-state index contributed by atoms with van der Waals surface area (Å²) in [5, 5.41) is 0. The Kier molecular flexibility index (Phi) is 44.4. The summed E-state index contributed by atoms with van der Waals surface area (Å²) in [6, 6.07) is 0. The van der Waals surface area contributed by atoms with Crippen molar-refractivity contribution in [3.8, 4) is 0 Å². The van der Waals surface area contributed by atoms with Crippen LogP contribution in [0.25, 0.3) is 0 Å². The predicted octanol–water partition coefficient (Wildman–Crippen LogP) is 13.5. The zero-order chi connectivity index (χ0) is 27.0. The maximum Gasteiger partial charge on any atom is 2.00 e. The Morgan fingerprint density at radius 2 is 0.541 bits per heavy atom. The predicted molar refractivity (Wildman–Crippen MR) is 175 cm³/mol. The third-order valence-electron chi connectivity index (χ3n) is 8.09. The molecule has 0 atom stereocenters. The molecular formula is C36H74Mg. The molecule has 0 fully saturated rings. The van der Waals surface area contributed by atoms with E-state index in [0.717, 1.165) is 24.7 Å². The summed E-state index contributed by atoms with van der Waals surface area (Å²) < 4.78 is 0. The Labute approximate surface area is 255 Å². The van der Waals surface area contributed by atoms with Crippen molar-refractivity contribution in [1.29, 1.82) is 0 Å². The molecule has 0 amide bonds. The summed E-state index contributed by atoms with van der Waals surface area (Å²) in [5.74, 6) is 2.04. The van der Waals surface area contributed by atoms with Gasteiger partial charge in [0.05, 0.1) is 0 Å². The molecule has 0 bridgehead atoms. The van der Waals surface area contributed by atoms with Crippen LogP contribution in [0.15, 0.2) is 0 Å². The van der Waals surface area contributed by atoms with Crippen molar-refractivity contribution in [1.82, 2.24) is 0 Å². The van der Waals surface area contributed by atoms with Crippen LogP contribution in [0.4, 0.5) is 0 Å². The van der Waals surface area contributed by atoms with Gasteiger partial charge in [-0.2, -0.15) is 12.8 Å². The molecule has 0 nitrogen and oxygen atoms in total. The second kappa shape index (κ2) is 38.9. The first kappa shape index (κ1) is 42.2. The van der Waals surface area contributed by atoms with Crippen molar-refractivity contribution < 1.29 is 0 Å². The average molecular weight is 531 g/mol. The van der Waals surface area contributed by atoms with Crippen LogP contribution in [0.3, 0.4) is 0 Å². The van der Waals surface area contributed by atoms with Crippen molar-refractivity contribution in [3.63, 3.8) is 0 Å². The van der Waals surface area contributed by atoms with Crippen molar-refractivity contribution in [2.45, 2.75) is 207 Å². The molecule has 0 saturated heterocycles. The van der Waals surface area contributed by atoms with Gasteiger partial charge < -0.3 is 13.8 Å². The molecule has 0 aromatic rings. The first-order valence-electron chi connectivity index (χ1n) is 17.3. The van der Waals surface area contributed by atoms with Crippen LogP contribution in [0.5, 0.6) is 0 Å². The molecule has 0 aliphatic heterocycles. The molecule has 0 N–H and O–H groups in total. The van der Waals surface area contributed by atoms with E-state index in [0.29, 0.717) is 0 Å². The Bertz CT molecular complexity index is 295. The van der Waals surface area contributed by atoms with Gasteiger partial charge in [-0.05, 0) is 11.8 Å². The van der Waals surface area contributed by atoms with Gasteiger partial charge in [0.25, 0.3) is 0 Å². The molecule has 0 heterocycles. The molecule has 0 aromatic heterocycles. The quantitative estimate of drug-likeness (QED) is 0.0535. The molecule has 0 unspecified atom stereocenters. The standard InChI is InChI=1S/2C18H37.Mg/c2*1-4-7-10-13-16-18(15-12-9-6-3)17-14-11-8-5-2;/h2*18H,3-17H2,1-2H3;/q2*-1;+2. The van der Waals surface area contributed by atoms with Gasteiger partial charge in [-0.15, -0.1) is 0 Å². The van der Waals surface area contributed by atoms with E-state index in [-0.39, 0.29) is 23.1 Å². The fourth-order valence-corrected chi connectivity index (χ4v) is 5.52. The van der Waals surface area contributed by atoms with Gasteiger partial charge in [0.2, 0.25) is 0 Å². The summed E-state index contributed by atoms with van der Waals surface area (Å²) in [7, 11) is 0. The average Bonchev–Trinajstić information content (AvgIpc) is 2.89. The van der Waals surface area contributed by atoms with Gasteiger partial charge in [0.15, 0.2) is 0 Å². The summed E-state index contributed by atoms with van der Waals surface area (Å²) in [6.45, 7) is 17.1. The normalized spacial score (nSPS) is 11.0. The van der Waals surface area contributed by atoms with Gasteiger partial charge in [0.1, 0.15) is 0 Å². The van der Waals surface area contributed by atoms with E-state index in [1.165, 1.54) is 167 Å². The van der Waals surface area contributed by atoms with E-state index in [1.807, 2.05) is 0 Å². The minimum absolute atomic E-state index is 0. The monoisotopic (exact) mass is 531 g/mol.